The molecule has 5 rings (SSSR count). The molecule has 162 valence electrons. The number of anilines is 1. The predicted molar refractivity (Wildman–Crippen MR) is 116 cm³/mol. The largest absolute Gasteiger partial charge is 0.353 e. The first-order valence-corrected chi connectivity index (χ1v) is 10.3. The maximum atomic E-state index is 12.7. The number of carbonyl (C=O) groups excluding carboxylic acids is 1. The maximum Gasteiger partial charge on any atom is 0.261 e. The quantitative estimate of drug-likeness (QED) is 0.449. The van der Waals surface area contributed by atoms with Crippen LogP contribution in [0, 0.1) is 0 Å². The number of benzene rings is 1. The summed E-state index contributed by atoms with van der Waals surface area (Å²) in [6, 6.07) is 9.07. The Morgan fingerprint density at radius 3 is 2.56 bits per heavy atom. The molecule has 0 spiro atoms. The van der Waals surface area contributed by atoms with Crippen LogP contribution in [-0.2, 0) is 11.3 Å². The van der Waals surface area contributed by atoms with Crippen LogP contribution in [0.5, 0.6) is 0 Å². The van der Waals surface area contributed by atoms with E-state index < -0.39 is 0 Å². The van der Waals surface area contributed by atoms with Crippen molar-refractivity contribution < 1.29 is 4.79 Å². The molecule has 0 unspecified atom stereocenters. The van der Waals surface area contributed by atoms with Gasteiger partial charge in [-0.25, -0.2) is 24.6 Å². The van der Waals surface area contributed by atoms with Crippen LogP contribution in [0.1, 0.15) is 6.42 Å². The molecule has 0 aliphatic carbocycles. The van der Waals surface area contributed by atoms with Crippen molar-refractivity contribution in [3.63, 3.8) is 0 Å². The van der Waals surface area contributed by atoms with Gasteiger partial charge in [0.2, 0.25) is 5.91 Å². The summed E-state index contributed by atoms with van der Waals surface area (Å²) >= 11 is 0. The van der Waals surface area contributed by atoms with E-state index in [1.54, 1.807) is 23.1 Å². The highest BCUT2D eigenvalue weighted by Crippen LogP contribution is 2.16. The van der Waals surface area contributed by atoms with E-state index >= 15 is 0 Å². The van der Waals surface area contributed by atoms with Crippen molar-refractivity contribution in [1.82, 2.24) is 39.2 Å². The summed E-state index contributed by atoms with van der Waals surface area (Å²) in [6.07, 6.45) is 6.30. The number of rotatable bonds is 5. The Balaban J connectivity index is 1.19. The van der Waals surface area contributed by atoms with Gasteiger partial charge in [-0.2, -0.15) is 5.10 Å². The van der Waals surface area contributed by atoms with Gasteiger partial charge in [-0.1, -0.05) is 12.1 Å². The van der Waals surface area contributed by atoms with E-state index in [1.165, 1.54) is 23.5 Å². The van der Waals surface area contributed by atoms with Gasteiger partial charge >= 0.3 is 0 Å². The number of hydrogen-bond donors (Lipinski definition) is 0. The Hall–Kier alpha value is -4.15. The molecular weight excluding hydrogens is 410 g/mol. The van der Waals surface area contributed by atoms with Crippen LogP contribution < -0.4 is 10.5 Å². The molecule has 0 bridgehead atoms. The topological polar surface area (TPSA) is 115 Å². The fraction of sp³-hybridized carbons (Fsp3) is 0.286. The first-order chi connectivity index (χ1) is 15.7. The summed E-state index contributed by atoms with van der Waals surface area (Å²) in [5.41, 5.74) is 0.535. The lowest BCUT2D eigenvalue weighted by atomic mass is 10.2. The number of piperazine rings is 1. The van der Waals surface area contributed by atoms with Crippen molar-refractivity contribution in [1.29, 1.82) is 0 Å². The van der Waals surface area contributed by atoms with Gasteiger partial charge in [-0.15, -0.1) is 0 Å². The Morgan fingerprint density at radius 1 is 0.938 bits per heavy atom. The SMILES string of the molecule is O=C(CCn1cnc2ccccc2c1=O)N1CCN(c2cc(-n3cncn3)ncn2)CC1. The number of para-hydroxylation sites is 1. The zero-order chi connectivity index (χ0) is 21.9. The summed E-state index contributed by atoms with van der Waals surface area (Å²) < 4.78 is 3.08. The highest BCUT2D eigenvalue weighted by Gasteiger charge is 2.22. The summed E-state index contributed by atoms with van der Waals surface area (Å²) in [6.45, 7) is 2.82. The Bertz CT molecular complexity index is 1290. The minimum Gasteiger partial charge on any atom is -0.353 e. The van der Waals surface area contributed by atoms with Crippen LogP contribution >= 0.6 is 0 Å². The monoisotopic (exact) mass is 431 g/mol. The van der Waals surface area contributed by atoms with E-state index in [4.69, 9.17) is 0 Å². The van der Waals surface area contributed by atoms with E-state index in [1.807, 2.05) is 23.1 Å². The van der Waals surface area contributed by atoms with Crippen LogP contribution in [0.2, 0.25) is 0 Å². The third kappa shape index (κ3) is 3.92. The summed E-state index contributed by atoms with van der Waals surface area (Å²) in [4.78, 5) is 46.1. The standard InChI is InChI=1S/C21H21N9O2/c31-20(5-6-29-15-25-17-4-2-1-3-16(17)21(29)32)28-9-7-27(8-10-28)18-11-19(24-13-23-18)30-14-22-12-26-30/h1-4,11-15H,5-10H2. The van der Waals surface area contributed by atoms with E-state index in [-0.39, 0.29) is 17.9 Å². The van der Waals surface area contributed by atoms with Gasteiger partial charge in [0.1, 0.15) is 24.8 Å². The van der Waals surface area contributed by atoms with Gasteiger partial charge in [0.05, 0.1) is 17.2 Å². The maximum absolute atomic E-state index is 12.7. The number of hydrogen-bond acceptors (Lipinski definition) is 8. The molecule has 1 saturated heterocycles. The van der Waals surface area contributed by atoms with Crippen LogP contribution in [0.25, 0.3) is 16.7 Å². The van der Waals surface area contributed by atoms with E-state index in [9.17, 15) is 9.59 Å². The third-order valence-corrected chi connectivity index (χ3v) is 5.55. The van der Waals surface area contributed by atoms with Crippen molar-refractivity contribution >= 4 is 22.6 Å². The first kappa shape index (κ1) is 19.8. The molecule has 0 N–H and O–H groups in total. The molecule has 1 fully saturated rings. The molecule has 1 aliphatic rings. The fourth-order valence-corrected chi connectivity index (χ4v) is 3.79. The van der Waals surface area contributed by atoms with Gasteiger partial charge in [0, 0.05) is 45.2 Å². The minimum atomic E-state index is -0.125. The number of carbonyl (C=O) groups is 1. The minimum absolute atomic E-state index is 0.0238. The molecular formula is C21H21N9O2. The van der Waals surface area contributed by atoms with Gasteiger partial charge in [-0.3, -0.25) is 14.2 Å². The highest BCUT2D eigenvalue weighted by atomic mass is 16.2. The van der Waals surface area contributed by atoms with Crippen LogP contribution in [0.15, 0.2) is 60.4 Å². The summed E-state index contributed by atoms with van der Waals surface area (Å²) in [7, 11) is 0. The second kappa shape index (κ2) is 8.53. The number of fused-ring (bicyclic) bond motifs is 1. The zero-order valence-corrected chi connectivity index (χ0v) is 17.3. The first-order valence-electron chi connectivity index (χ1n) is 10.3. The zero-order valence-electron chi connectivity index (χ0n) is 17.3. The summed E-state index contributed by atoms with van der Waals surface area (Å²) in [5, 5.41) is 4.65. The van der Waals surface area contributed by atoms with E-state index in [0.29, 0.717) is 49.4 Å². The molecule has 4 heterocycles. The number of aromatic nitrogens is 7. The lowest BCUT2D eigenvalue weighted by Crippen LogP contribution is -2.49. The normalized spacial score (nSPS) is 14.1. The number of aryl methyl sites for hydroxylation is 1. The Kier molecular flexibility index (Phi) is 5.28. The van der Waals surface area contributed by atoms with Crippen molar-refractivity contribution in [2.75, 3.05) is 31.1 Å². The second-order valence-electron chi connectivity index (χ2n) is 7.45. The van der Waals surface area contributed by atoms with Gasteiger partial charge in [0.15, 0.2) is 5.82 Å². The lowest BCUT2D eigenvalue weighted by molar-refractivity contribution is -0.131. The predicted octanol–water partition coefficient (Wildman–Crippen LogP) is 0.506. The average molecular weight is 431 g/mol. The highest BCUT2D eigenvalue weighted by molar-refractivity contribution is 5.77. The molecule has 3 aromatic heterocycles. The molecule has 0 saturated carbocycles. The van der Waals surface area contributed by atoms with Crippen LogP contribution in [-0.4, -0.2) is 71.3 Å². The van der Waals surface area contributed by atoms with Crippen LogP contribution in [0.4, 0.5) is 5.82 Å². The van der Waals surface area contributed by atoms with Crippen molar-refractivity contribution in [3.05, 3.63) is 66.0 Å². The van der Waals surface area contributed by atoms with Gasteiger partial charge in [0.25, 0.3) is 5.56 Å². The second-order valence-corrected chi connectivity index (χ2v) is 7.45. The van der Waals surface area contributed by atoms with Crippen molar-refractivity contribution in [2.24, 2.45) is 0 Å². The van der Waals surface area contributed by atoms with E-state index in [0.717, 1.165) is 5.82 Å². The molecule has 4 aromatic rings. The molecule has 1 aliphatic heterocycles. The molecule has 11 heteroatoms. The molecule has 11 nitrogen and oxygen atoms in total. The van der Waals surface area contributed by atoms with E-state index in [2.05, 4.69) is 29.9 Å². The third-order valence-electron chi connectivity index (χ3n) is 5.55. The molecule has 0 radical (unpaired) electrons. The molecule has 32 heavy (non-hydrogen) atoms. The molecule has 0 atom stereocenters. The Labute approximate surface area is 183 Å². The number of nitrogens with zero attached hydrogens (tertiary/aromatic N) is 9. The van der Waals surface area contributed by atoms with Gasteiger partial charge < -0.3 is 9.80 Å². The van der Waals surface area contributed by atoms with Crippen molar-refractivity contribution in [2.45, 2.75) is 13.0 Å². The lowest BCUT2D eigenvalue weighted by Gasteiger charge is -2.35. The molecule has 1 amide bonds. The fourth-order valence-electron chi connectivity index (χ4n) is 3.79. The number of amides is 1. The van der Waals surface area contributed by atoms with Crippen molar-refractivity contribution in [3.8, 4) is 5.82 Å². The van der Waals surface area contributed by atoms with Crippen LogP contribution in [0.3, 0.4) is 0 Å². The molecule has 1 aromatic carbocycles. The smallest absolute Gasteiger partial charge is 0.261 e. The average Bonchev–Trinajstić information content (AvgIpc) is 3.39. The summed E-state index contributed by atoms with van der Waals surface area (Å²) in [5.74, 6) is 1.45. The Morgan fingerprint density at radius 2 is 1.75 bits per heavy atom. The van der Waals surface area contributed by atoms with Gasteiger partial charge in [-0.05, 0) is 12.1 Å².